The Balaban J connectivity index is 1.97. The van der Waals surface area contributed by atoms with E-state index in [4.69, 9.17) is 10.5 Å². The SMILES string of the molecule is COc1ccc(C[NH])c(NC(O)CCc2ccccc2)c1. The van der Waals surface area contributed by atoms with Crippen molar-refractivity contribution in [1.82, 2.24) is 5.73 Å². The number of aryl methyl sites for hydroxylation is 1. The third-order valence-corrected chi connectivity index (χ3v) is 3.38. The van der Waals surface area contributed by atoms with Crippen LogP contribution in [0.15, 0.2) is 48.5 Å². The smallest absolute Gasteiger partial charge is 0.124 e. The minimum Gasteiger partial charge on any atom is -0.497 e. The molecule has 0 aliphatic heterocycles. The number of benzene rings is 2. The number of ether oxygens (including phenoxy) is 1. The normalized spacial score (nSPS) is 12.0. The van der Waals surface area contributed by atoms with Gasteiger partial charge in [0.15, 0.2) is 0 Å². The lowest BCUT2D eigenvalue weighted by Gasteiger charge is -2.17. The van der Waals surface area contributed by atoms with Gasteiger partial charge < -0.3 is 15.2 Å². The molecular formula is C17H21N2O2. The molecule has 2 aromatic rings. The first-order valence-electron chi connectivity index (χ1n) is 7.03. The zero-order chi connectivity index (χ0) is 15.1. The van der Waals surface area contributed by atoms with Gasteiger partial charge in [-0.15, -0.1) is 0 Å². The van der Waals surface area contributed by atoms with Gasteiger partial charge in [-0.05, 0) is 30.0 Å². The van der Waals surface area contributed by atoms with Gasteiger partial charge >= 0.3 is 0 Å². The van der Waals surface area contributed by atoms with Gasteiger partial charge in [0.25, 0.3) is 0 Å². The summed E-state index contributed by atoms with van der Waals surface area (Å²) >= 11 is 0. The Morgan fingerprint density at radius 1 is 1.19 bits per heavy atom. The molecule has 0 saturated heterocycles. The van der Waals surface area contributed by atoms with Crippen LogP contribution in [0.1, 0.15) is 17.5 Å². The van der Waals surface area contributed by atoms with E-state index in [1.807, 2.05) is 48.5 Å². The van der Waals surface area contributed by atoms with E-state index in [2.05, 4.69) is 5.32 Å². The summed E-state index contributed by atoms with van der Waals surface area (Å²) in [5.74, 6) is 0.713. The monoisotopic (exact) mass is 285 g/mol. The highest BCUT2D eigenvalue weighted by Gasteiger charge is 2.09. The molecule has 0 aliphatic carbocycles. The number of aliphatic hydroxyl groups excluding tert-OH is 1. The van der Waals surface area contributed by atoms with Crippen molar-refractivity contribution in [3.8, 4) is 5.75 Å². The third-order valence-electron chi connectivity index (χ3n) is 3.38. The molecule has 0 amide bonds. The number of aliphatic hydroxyl groups is 1. The van der Waals surface area contributed by atoms with E-state index in [-0.39, 0.29) is 6.54 Å². The van der Waals surface area contributed by atoms with Gasteiger partial charge in [0.1, 0.15) is 12.0 Å². The van der Waals surface area contributed by atoms with Crippen molar-refractivity contribution in [3.05, 3.63) is 59.7 Å². The maximum atomic E-state index is 10.1. The van der Waals surface area contributed by atoms with Crippen LogP contribution in [0.4, 0.5) is 5.69 Å². The molecule has 0 fully saturated rings. The molecule has 4 heteroatoms. The fraction of sp³-hybridized carbons (Fsp3) is 0.294. The Morgan fingerprint density at radius 2 is 1.95 bits per heavy atom. The summed E-state index contributed by atoms with van der Waals surface area (Å²) in [5, 5.41) is 13.2. The standard InChI is InChI=1S/C17H21N2O2/c1-21-15-9-8-14(12-18)16(11-15)19-17(20)10-7-13-5-3-2-4-6-13/h2-6,8-9,11,17-20H,7,10,12H2,1H3. The van der Waals surface area contributed by atoms with Crippen molar-refractivity contribution < 1.29 is 9.84 Å². The van der Waals surface area contributed by atoms with Crippen molar-refractivity contribution in [2.75, 3.05) is 12.4 Å². The van der Waals surface area contributed by atoms with Gasteiger partial charge in [-0.3, -0.25) is 5.73 Å². The molecule has 0 saturated carbocycles. The maximum absolute atomic E-state index is 10.1. The van der Waals surface area contributed by atoms with Crippen LogP contribution >= 0.6 is 0 Å². The van der Waals surface area contributed by atoms with E-state index in [9.17, 15) is 5.11 Å². The first-order valence-corrected chi connectivity index (χ1v) is 7.03. The Labute approximate surface area is 125 Å². The summed E-state index contributed by atoms with van der Waals surface area (Å²) < 4.78 is 5.18. The predicted octanol–water partition coefficient (Wildman–Crippen LogP) is 2.84. The van der Waals surface area contributed by atoms with Crippen molar-refractivity contribution in [2.24, 2.45) is 0 Å². The van der Waals surface area contributed by atoms with E-state index < -0.39 is 6.23 Å². The van der Waals surface area contributed by atoms with Gasteiger partial charge in [0, 0.05) is 18.3 Å². The lowest BCUT2D eigenvalue weighted by Crippen LogP contribution is -2.20. The number of nitrogens with one attached hydrogen (secondary N) is 2. The minimum absolute atomic E-state index is 0.164. The highest BCUT2D eigenvalue weighted by molar-refractivity contribution is 5.55. The molecule has 0 aromatic heterocycles. The first-order chi connectivity index (χ1) is 10.2. The molecule has 4 nitrogen and oxygen atoms in total. The highest BCUT2D eigenvalue weighted by atomic mass is 16.5. The summed E-state index contributed by atoms with van der Waals surface area (Å²) in [6.07, 6.45) is 0.760. The quantitative estimate of drug-likeness (QED) is 0.769. The van der Waals surface area contributed by atoms with E-state index in [0.717, 1.165) is 17.7 Å². The number of hydrogen-bond acceptors (Lipinski definition) is 3. The van der Waals surface area contributed by atoms with Crippen molar-refractivity contribution >= 4 is 5.69 Å². The van der Waals surface area contributed by atoms with Crippen molar-refractivity contribution in [1.29, 1.82) is 0 Å². The second-order valence-corrected chi connectivity index (χ2v) is 4.88. The molecule has 3 N–H and O–H groups in total. The topological polar surface area (TPSA) is 65.3 Å². The summed E-state index contributed by atoms with van der Waals surface area (Å²) in [5.41, 5.74) is 10.3. The molecule has 1 unspecified atom stereocenters. The molecule has 0 spiro atoms. The molecule has 1 atom stereocenters. The van der Waals surface area contributed by atoms with Crippen LogP contribution in [-0.2, 0) is 13.0 Å². The lowest BCUT2D eigenvalue weighted by molar-refractivity contribution is 0.193. The number of methoxy groups -OCH3 is 1. The molecule has 0 heterocycles. The van der Waals surface area contributed by atoms with Crippen molar-refractivity contribution in [3.63, 3.8) is 0 Å². The Morgan fingerprint density at radius 3 is 2.62 bits per heavy atom. The summed E-state index contributed by atoms with van der Waals surface area (Å²) in [6.45, 7) is 0.164. The van der Waals surface area contributed by atoms with Gasteiger partial charge in [-0.1, -0.05) is 36.4 Å². The van der Waals surface area contributed by atoms with Gasteiger partial charge in [-0.2, -0.15) is 0 Å². The fourth-order valence-corrected chi connectivity index (χ4v) is 2.17. The molecule has 0 bridgehead atoms. The average Bonchev–Trinajstić information content (AvgIpc) is 2.54. The van der Waals surface area contributed by atoms with Gasteiger partial charge in [0.2, 0.25) is 0 Å². The van der Waals surface area contributed by atoms with Gasteiger partial charge in [-0.25, -0.2) is 0 Å². The molecule has 21 heavy (non-hydrogen) atoms. The van der Waals surface area contributed by atoms with Crippen LogP contribution in [-0.4, -0.2) is 18.4 Å². The summed E-state index contributed by atoms with van der Waals surface area (Å²) in [7, 11) is 1.60. The van der Waals surface area contributed by atoms with E-state index in [1.54, 1.807) is 7.11 Å². The molecule has 2 rings (SSSR count). The number of hydrogen-bond donors (Lipinski definition) is 2. The lowest BCUT2D eigenvalue weighted by atomic mass is 10.1. The summed E-state index contributed by atoms with van der Waals surface area (Å²) in [6, 6.07) is 15.6. The zero-order valence-electron chi connectivity index (χ0n) is 12.2. The third kappa shape index (κ3) is 4.48. The van der Waals surface area contributed by atoms with Crippen LogP contribution in [0.3, 0.4) is 0 Å². The van der Waals surface area contributed by atoms with Crippen LogP contribution < -0.4 is 15.8 Å². The second kappa shape index (κ2) is 7.67. The molecule has 0 aliphatic rings. The Bertz CT molecular complexity index is 558. The van der Waals surface area contributed by atoms with E-state index in [0.29, 0.717) is 12.2 Å². The van der Waals surface area contributed by atoms with Crippen LogP contribution in [0, 0.1) is 0 Å². The Kier molecular flexibility index (Phi) is 5.60. The zero-order valence-corrected chi connectivity index (χ0v) is 12.2. The molecule has 1 radical (unpaired) electrons. The minimum atomic E-state index is -0.650. The van der Waals surface area contributed by atoms with Crippen LogP contribution in [0.25, 0.3) is 0 Å². The molecule has 2 aromatic carbocycles. The van der Waals surface area contributed by atoms with Crippen LogP contribution in [0.5, 0.6) is 5.75 Å². The highest BCUT2D eigenvalue weighted by Crippen LogP contribution is 2.23. The Hall–Kier alpha value is -2.04. The predicted molar refractivity (Wildman–Crippen MR) is 84.2 cm³/mol. The number of rotatable bonds is 7. The van der Waals surface area contributed by atoms with Gasteiger partial charge in [0.05, 0.1) is 7.11 Å². The maximum Gasteiger partial charge on any atom is 0.124 e. The molecule has 111 valence electrons. The van der Waals surface area contributed by atoms with Crippen molar-refractivity contribution in [2.45, 2.75) is 25.6 Å². The average molecular weight is 285 g/mol. The molecular weight excluding hydrogens is 264 g/mol. The largest absolute Gasteiger partial charge is 0.497 e. The first kappa shape index (κ1) is 15.4. The fourth-order valence-electron chi connectivity index (χ4n) is 2.17. The van der Waals surface area contributed by atoms with Crippen LogP contribution in [0.2, 0.25) is 0 Å². The van der Waals surface area contributed by atoms with E-state index >= 15 is 0 Å². The summed E-state index contributed by atoms with van der Waals surface area (Å²) in [4.78, 5) is 0. The number of anilines is 1. The van der Waals surface area contributed by atoms with E-state index in [1.165, 1.54) is 5.56 Å². The second-order valence-electron chi connectivity index (χ2n) is 4.88.